The van der Waals surface area contributed by atoms with Crippen LogP contribution in [0.1, 0.15) is 38.2 Å². The van der Waals surface area contributed by atoms with Crippen molar-refractivity contribution in [3.63, 3.8) is 0 Å². The van der Waals surface area contributed by atoms with E-state index in [0.29, 0.717) is 13.2 Å². The molecule has 0 saturated carbocycles. The molecule has 0 atom stereocenters. The van der Waals surface area contributed by atoms with Gasteiger partial charge in [-0.2, -0.15) is 0 Å². The molecule has 4 heteroatoms. The van der Waals surface area contributed by atoms with Gasteiger partial charge in [0.1, 0.15) is 30.5 Å². The number of unbranched alkanes of at least 4 members (excludes halogenated alkanes) is 3. The second-order valence-corrected chi connectivity index (χ2v) is 7.45. The van der Waals surface area contributed by atoms with Gasteiger partial charge in [0.15, 0.2) is 0 Å². The minimum atomic E-state index is 0.503. The zero-order valence-corrected chi connectivity index (χ0v) is 18.4. The van der Waals surface area contributed by atoms with Crippen molar-refractivity contribution in [1.82, 2.24) is 0 Å². The van der Waals surface area contributed by atoms with Crippen LogP contribution in [0.2, 0.25) is 0 Å². The van der Waals surface area contributed by atoms with Crippen LogP contribution in [0.5, 0.6) is 17.2 Å². The number of hydrogen-bond acceptors (Lipinski definition) is 4. The highest BCUT2D eigenvalue weighted by Gasteiger charge is 2.01. The van der Waals surface area contributed by atoms with E-state index in [1.807, 2.05) is 54.6 Å². The Balaban J connectivity index is 1.40. The van der Waals surface area contributed by atoms with Gasteiger partial charge < -0.3 is 19.5 Å². The molecule has 0 aliphatic carbocycles. The van der Waals surface area contributed by atoms with Crippen LogP contribution in [0.15, 0.2) is 78.9 Å². The molecule has 0 unspecified atom stereocenters. The van der Waals surface area contributed by atoms with Crippen LogP contribution in [0.3, 0.4) is 0 Å². The third kappa shape index (κ3) is 8.63. The number of anilines is 1. The highest BCUT2D eigenvalue weighted by atomic mass is 16.5. The molecule has 0 radical (unpaired) electrons. The summed E-state index contributed by atoms with van der Waals surface area (Å²) in [5.41, 5.74) is 2.21. The van der Waals surface area contributed by atoms with Crippen LogP contribution in [-0.2, 0) is 6.54 Å². The van der Waals surface area contributed by atoms with Gasteiger partial charge in [-0.3, -0.25) is 0 Å². The molecule has 0 aromatic heterocycles. The van der Waals surface area contributed by atoms with Gasteiger partial charge in [0.05, 0.1) is 6.61 Å². The molecule has 0 amide bonds. The fraction of sp³-hybridized carbons (Fsp3) is 0.333. The summed E-state index contributed by atoms with van der Waals surface area (Å²) >= 11 is 0. The van der Waals surface area contributed by atoms with Crippen molar-refractivity contribution in [2.75, 3.05) is 25.1 Å². The minimum Gasteiger partial charge on any atom is -0.494 e. The van der Waals surface area contributed by atoms with E-state index in [4.69, 9.17) is 14.2 Å². The molecule has 0 aliphatic rings. The summed E-state index contributed by atoms with van der Waals surface area (Å²) in [5.74, 6) is 2.62. The predicted molar refractivity (Wildman–Crippen MR) is 127 cm³/mol. The lowest BCUT2D eigenvalue weighted by Crippen LogP contribution is -2.09. The SMILES string of the molecule is CCCCCCOc1cccc(NCc2cccc(OCCOc3ccccc3)c2)c1. The summed E-state index contributed by atoms with van der Waals surface area (Å²) in [6.07, 6.45) is 4.85. The molecule has 0 saturated heterocycles. The average Bonchev–Trinajstić information content (AvgIpc) is 2.82. The van der Waals surface area contributed by atoms with Gasteiger partial charge in [0.2, 0.25) is 0 Å². The van der Waals surface area contributed by atoms with Gasteiger partial charge in [-0.05, 0) is 48.4 Å². The lowest BCUT2D eigenvalue weighted by atomic mass is 10.2. The maximum Gasteiger partial charge on any atom is 0.122 e. The summed E-state index contributed by atoms with van der Waals surface area (Å²) in [7, 11) is 0. The van der Waals surface area contributed by atoms with Gasteiger partial charge in [0.25, 0.3) is 0 Å². The quantitative estimate of drug-likeness (QED) is 0.295. The number of nitrogens with one attached hydrogen (secondary N) is 1. The molecule has 0 heterocycles. The normalized spacial score (nSPS) is 10.5. The first-order valence-corrected chi connectivity index (χ1v) is 11.2. The van der Waals surface area contributed by atoms with Gasteiger partial charge in [-0.25, -0.2) is 0 Å². The zero-order valence-electron chi connectivity index (χ0n) is 18.4. The average molecular weight is 420 g/mol. The van der Waals surface area contributed by atoms with Crippen LogP contribution >= 0.6 is 0 Å². The molecule has 1 N–H and O–H groups in total. The Labute approximate surface area is 186 Å². The molecule has 3 aromatic carbocycles. The minimum absolute atomic E-state index is 0.503. The van der Waals surface area contributed by atoms with Crippen molar-refractivity contribution in [2.24, 2.45) is 0 Å². The van der Waals surface area contributed by atoms with E-state index in [0.717, 1.165) is 48.1 Å². The van der Waals surface area contributed by atoms with Crippen LogP contribution in [0.4, 0.5) is 5.69 Å². The molecule has 164 valence electrons. The smallest absolute Gasteiger partial charge is 0.122 e. The molecule has 4 nitrogen and oxygen atoms in total. The van der Waals surface area contributed by atoms with Crippen LogP contribution < -0.4 is 19.5 Å². The van der Waals surface area contributed by atoms with Crippen LogP contribution in [-0.4, -0.2) is 19.8 Å². The number of ether oxygens (including phenoxy) is 3. The van der Waals surface area contributed by atoms with Crippen molar-refractivity contribution in [1.29, 1.82) is 0 Å². The van der Waals surface area contributed by atoms with Crippen molar-refractivity contribution in [3.05, 3.63) is 84.4 Å². The maximum atomic E-state index is 5.88. The van der Waals surface area contributed by atoms with Gasteiger partial charge in [-0.1, -0.05) is 62.6 Å². The molecule has 3 aromatic rings. The third-order valence-corrected chi connectivity index (χ3v) is 4.86. The molecule has 0 bridgehead atoms. The zero-order chi connectivity index (χ0) is 21.6. The topological polar surface area (TPSA) is 39.7 Å². The maximum absolute atomic E-state index is 5.88. The van der Waals surface area contributed by atoms with Gasteiger partial charge in [-0.15, -0.1) is 0 Å². The lowest BCUT2D eigenvalue weighted by Gasteiger charge is -2.12. The molecular weight excluding hydrogens is 386 g/mol. The lowest BCUT2D eigenvalue weighted by molar-refractivity contribution is 0.217. The van der Waals surface area contributed by atoms with E-state index in [-0.39, 0.29) is 0 Å². The van der Waals surface area contributed by atoms with E-state index in [9.17, 15) is 0 Å². The standard InChI is InChI=1S/C27H33NO3/c1-2-3-4-8-17-29-27-16-10-12-24(21-27)28-22-23-11-9-15-26(20-23)31-19-18-30-25-13-6-5-7-14-25/h5-7,9-16,20-21,28H,2-4,8,17-19,22H2,1H3. The van der Waals surface area contributed by atoms with Crippen molar-refractivity contribution in [2.45, 2.75) is 39.2 Å². The highest BCUT2D eigenvalue weighted by Crippen LogP contribution is 2.20. The van der Waals surface area contributed by atoms with Gasteiger partial charge >= 0.3 is 0 Å². The Morgan fingerprint density at radius 1 is 0.613 bits per heavy atom. The summed E-state index contributed by atoms with van der Waals surface area (Å²) in [6.45, 7) is 4.73. The largest absolute Gasteiger partial charge is 0.494 e. The molecular formula is C27H33NO3. The Morgan fingerprint density at radius 2 is 1.29 bits per heavy atom. The molecule has 31 heavy (non-hydrogen) atoms. The van der Waals surface area contributed by atoms with Crippen molar-refractivity contribution in [3.8, 4) is 17.2 Å². The second kappa shape index (κ2) is 13.2. The van der Waals surface area contributed by atoms with Crippen LogP contribution in [0.25, 0.3) is 0 Å². The number of hydrogen-bond donors (Lipinski definition) is 1. The Hall–Kier alpha value is -3.14. The molecule has 3 rings (SSSR count). The molecule has 0 fully saturated rings. The summed E-state index contributed by atoms with van der Waals surface area (Å²) in [5, 5.41) is 3.47. The second-order valence-electron chi connectivity index (χ2n) is 7.45. The monoisotopic (exact) mass is 419 g/mol. The van der Waals surface area contributed by atoms with Gasteiger partial charge in [0, 0.05) is 18.3 Å². The summed E-state index contributed by atoms with van der Waals surface area (Å²) in [4.78, 5) is 0. The molecule has 0 aliphatic heterocycles. The Bertz CT molecular complexity index is 882. The van der Waals surface area contributed by atoms with E-state index in [2.05, 4.69) is 36.5 Å². The fourth-order valence-electron chi connectivity index (χ4n) is 3.20. The van der Waals surface area contributed by atoms with Crippen molar-refractivity contribution >= 4 is 5.69 Å². The van der Waals surface area contributed by atoms with E-state index >= 15 is 0 Å². The Morgan fingerprint density at radius 3 is 2.10 bits per heavy atom. The van der Waals surface area contributed by atoms with Crippen molar-refractivity contribution < 1.29 is 14.2 Å². The first kappa shape index (κ1) is 22.5. The summed E-state index contributed by atoms with van der Waals surface area (Å²) in [6, 6.07) is 26.1. The predicted octanol–water partition coefficient (Wildman–Crippen LogP) is 6.72. The molecule has 0 spiro atoms. The van der Waals surface area contributed by atoms with E-state index in [1.165, 1.54) is 19.3 Å². The first-order valence-electron chi connectivity index (χ1n) is 11.2. The van der Waals surface area contributed by atoms with Crippen LogP contribution in [0, 0.1) is 0 Å². The fourth-order valence-corrected chi connectivity index (χ4v) is 3.20. The number of rotatable bonds is 14. The first-order chi connectivity index (χ1) is 15.3. The third-order valence-electron chi connectivity index (χ3n) is 4.86. The van der Waals surface area contributed by atoms with E-state index in [1.54, 1.807) is 0 Å². The number of benzene rings is 3. The number of para-hydroxylation sites is 1. The van der Waals surface area contributed by atoms with E-state index < -0.39 is 0 Å². The highest BCUT2D eigenvalue weighted by molar-refractivity contribution is 5.48. The summed E-state index contributed by atoms with van der Waals surface area (Å²) < 4.78 is 17.4. The Kier molecular flexibility index (Phi) is 9.61.